The van der Waals surface area contributed by atoms with Gasteiger partial charge in [-0.1, -0.05) is 35.9 Å². The fourth-order valence-electron chi connectivity index (χ4n) is 3.81. The fourth-order valence-corrected chi connectivity index (χ4v) is 5.15. The van der Waals surface area contributed by atoms with Crippen LogP contribution in [0.15, 0.2) is 42.5 Å². The molecule has 180 valence electrons. The largest absolute Gasteiger partial charge is 0.495 e. The average molecular weight is 496 g/mol. The van der Waals surface area contributed by atoms with E-state index >= 15 is 0 Å². The van der Waals surface area contributed by atoms with Crippen molar-refractivity contribution in [3.8, 4) is 5.75 Å². The molecule has 3 rings (SSSR count). The number of morpholine rings is 1. The van der Waals surface area contributed by atoms with Crippen molar-refractivity contribution >= 4 is 33.2 Å². The second kappa shape index (κ2) is 11.2. The molecule has 1 fully saturated rings. The van der Waals surface area contributed by atoms with Crippen LogP contribution in [0.25, 0.3) is 0 Å². The lowest BCUT2D eigenvalue weighted by Gasteiger charge is -2.29. The van der Waals surface area contributed by atoms with Crippen molar-refractivity contribution in [2.45, 2.75) is 26.1 Å². The highest BCUT2D eigenvalue weighted by Crippen LogP contribution is 2.34. The van der Waals surface area contributed by atoms with Gasteiger partial charge in [0.1, 0.15) is 11.8 Å². The molecule has 1 amide bonds. The van der Waals surface area contributed by atoms with Crippen LogP contribution in [0.2, 0.25) is 5.02 Å². The van der Waals surface area contributed by atoms with Gasteiger partial charge in [0, 0.05) is 31.2 Å². The van der Waals surface area contributed by atoms with Gasteiger partial charge in [-0.3, -0.25) is 14.0 Å². The van der Waals surface area contributed by atoms with E-state index < -0.39 is 22.0 Å². The van der Waals surface area contributed by atoms with Crippen molar-refractivity contribution in [3.05, 3.63) is 58.6 Å². The maximum absolute atomic E-state index is 13.0. The molecule has 33 heavy (non-hydrogen) atoms. The molecule has 0 unspecified atom stereocenters. The smallest absolute Gasteiger partial charge is 0.243 e. The third kappa shape index (κ3) is 6.83. The third-order valence-corrected chi connectivity index (χ3v) is 6.90. The van der Waals surface area contributed by atoms with E-state index in [0.717, 1.165) is 54.5 Å². The van der Waals surface area contributed by atoms with Crippen LogP contribution in [-0.2, 0) is 32.6 Å². The zero-order valence-corrected chi connectivity index (χ0v) is 20.7. The standard InChI is InChI=1S/C23H30ClN3O5S/c1-17(27(33(3,29)30)21-14-20(24)7-8-22(21)31-2)23(28)25-15-18-5-4-6-19(13-18)16-26-9-11-32-12-10-26/h4-8,13-14,17H,9-12,15-16H2,1-3H3,(H,25,28)/t17-/m1/s1. The van der Waals surface area contributed by atoms with E-state index in [1.54, 1.807) is 12.1 Å². The Morgan fingerprint density at radius 1 is 1.21 bits per heavy atom. The van der Waals surface area contributed by atoms with Crippen LogP contribution in [-0.4, -0.2) is 64.9 Å². The number of rotatable bonds is 9. The van der Waals surface area contributed by atoms with Crippen LogP contribution in [0.5, 0.6) is 5.75 Å². The van der Waals surface area contributed by atoms with Crippen molar-refractivity contribution in [1.82, 2.24) is 10.2 Å². The predicted octanol–water partition coefficient (Wildman–Crippen LogP) is 2.65. The van der Waals surface area contributed by atoms with Crippen molar-refractivity contribution in [1.29, 1.82) is 0 Å². The Labute approximate surface area is 200 Å². The second-order valence-corrected chi connectivity index (χ2v) is 10.3. The zero-order chi connectivity index (χ0) is 24.0. The summed E-state index contributed by atoms with van der Waals surface area (Å²) in [5.41, 5.74) is 2.30. The lowest BCUT2D eigenvalue weighted by molar-refractivity contribution is -0.122. The molecule has 1 aliphatic heterocycles. The van der Waals surface area contributed by atoms with Gasteiger partial charge in [-0.2, -0.15) is 0 Å². The Hall–Kier alpha value is -2.33. The Kier molecular flexibility index (Phi) is 8.58. The van der Waals surface area contributed by atoms with Crippen LogP contribution in [0.4, 0.5) is 5.69 Å². The minimum Gasteiger partial charge on any atom is -0.495 e. The number of sulfonamides is 1. The SMILES string of the molecule is COc1ccc(Cl)cc1N([C@H](C)C(=O)NCc1cccc(CN2CCOCC2)c1)S(C)(=O)=O. The first-order chi connectivity index (χ1) is 15.7. The van der Waals surface area contributed by atoms with Gasteiger partial charge in [0.15, 0.2) is 0 Å². The Morgan fingerprint density at radius 2 is 1.91 bits per heavy atom. The summed E-state index contributed by atoms with van der Waals surface area (Å²) in [5.74, 6) is -0.124. The fraction of sp³-hybridized carbons (Fsp3) is 0.435. The van der Waals surface area contributed by atoms with Crippen LogP contribution in [0.3, 0.4) is 0 Å². The molecule has 2 aromatic carbocycles. The molecule has 1 saturated heterocycles. The molecule has 0 saturated carbocycles. The van der Waals surface area contributed by atoms with Crippen LogP contribution in [0, 0.1) is 0 Å². The molecular formula is C23H30ClN3O5S. The van der Waals surface area contributed by atoms with Gasteiger partial charge in [0.05, 0.1) is 32.3 Å². The molecule has 1 heterocycles. The molecule has 1 aliphatic rings. The molecule has 0 aliphatic carbocycles. The number of nitrogens with zero attached hydrogens (tertiary/aromatic N) is 2. The molecule has 8 nitrogen and oxygen atoms in total. The first-order valence-corrected chi connectivity index (χ1v) is 12.9. The Bertz CT molecular complexity index is 1070. The molecule has 10 heteroatoms. The molecule has 0 aromatic heterocycles. The lowest BCUT2D eigenvalue weighted by Crippen LogP contribution is -2.47. The van der Waals surface area contributed by atoms with E-state index in [1.165, 1.54) is 20.1 Å². The van der Waals surface area contributed by atoms with Crippen LogP contribution < -0.4 is 14.4 Å². The number of hydrogen-bond donors (Lipinski definition) is 1. The second-order valence-electron chi connectivity index (χ2n) is 7.98. The number of halogens is 1. The normalized spacial score (nSPS) is 15.6. The van der Waals surface area contributed by atoms with E-state index in [1.807, 2.05) is 12.1 Å². The Morgan fingerprint density at radius 3 is 2.58 bits per heavy atom. The topological polar surface area (TPSA) is 88.2 Å². The molecule has 0 radical (unpaired) electrons. The summed E-state index contributed by atoms with van der Waals surface area (Å²) in [5, 5.41) is 3.19. The number of methoxy groups -OCH3 is 1. The number of ether oxygens (including phenoxy) is 2. The summed E-state index contributed by atoms with van der Waals surface area (Å²) in [6, 6.07) is 11.6. The van der Waals surface area contributed by atoms with Gasteiger partial charge in [0.25, 0.3) is 0 Å². The summed E-state index contributed by atoms with van der Waals surface area (Å²) < 4.78 is 36.9. The first-order valence-electron chi connectivity index (χ1n) is 10.7. The van der Waals surface area contributed by atoms with Crippen molar-refractivity contribution in [2.75, 3.05) is 44.0 Å². The number of nitrogens with one attached hydrogen (secondary N) is 1. The maximum atomic E-state index is 13.0. The van der Waals surface area contributed by atoms with Gasteiger partial charge in [-0.05, 0) is 36.2 Å². The highest BCUT2D eigenvalue weighted by molar-refractivity contribution is 7.92. The zero-order valence-electron chi connectivity index (χ0n) is 19.1. The number of anilines is 1. The number of benzene rings is 2. The van der Waals surface area contributed by atoms with E-state index in [4.69, 9.17) is 21.1 Å². The predicted molar refractivity (Wildman–Crippen MR) is 129 cm³/mol. The summed E-state index contributed by atoms with van der Waals surface area (Å²) >= 11 is 6.09. The first kappa shape index (κ1) is 25.3. The third-order valence-electron chi connectivity index (χ3n) is 5.43. The highest BCUT2D eigenvalue weighted by Gasteiger charge is 2.31. The molecule has 1 atom stereocenters. The number of amides is 1. The minimum atomic E-state index is -3.80. The van der Waals surface area contributed by atoms with Crippen molar-refractivity contribution in [3.63, 3.8) is 0 Å². The van der Waals surface area contributed by atoms with Gasteiger partial charge < -0.3 is 14.8 Å². The molecular weight excluding hydrogens is 466 g/mol. The molecule has 0 spiro atoms. The van der Waals surface area contributed by atoms with E-state index in [0.29, 0.717) is 10.8 Å². The quantitative estimate of drug-likeness (QED) is 0.575. The van der Waals surface area contributed by atoms with E-state index in [-0.39, 0.29) is 12.2 Å². The van der Waals surface area contributed by atoms with E-state index in [2.05, 4.69) is 22.3 Å². The maximum Gasteiger partial charge on any atom is 0.243 e. The molecule has 2 aromatic rings. The van der Waals surface area contributed by atoms with Gasteiger partial charge in [-0.25, -0.2) is 8.42 Å². The van der Waals surface area contributed by atoms with Crippen molar-refractivity contribution < 1.29 is 22.7 Å². The highest BCUT2D eigenvalue weighted by atomic mass is 35.5. The number of carbonyl (C=O) groups is 1. The summed E-state index contributed by atoms with van der Waals surface area (Å²) in [4.78, 5) is 15.3. The average Bonchev–Trinajstić information content (AvgIpc) is 2.78. The summed E-state index contributed by atoms with van der Waals surface area (Å²) in [6.07, 6.45) is 1.05. The van der Waals surface area contributed by atoms with E-state index in [9.17, 15) is 13.2 Å². The monoisotopic (exact) mass is 495 g/mol. The van der Waals surface area contributed by atoms with Crippen LogP contribution in [0.1, 0.15) is 18.1 Å². The van der Waals surface area contributed by atoms with Crippen molar-refractivity contribution in [2.24, 2.45) is 0 Å². The van der Waals surface area contributed by atoms with Gasteiger partial charge in [0.2, 0.25) is 15.9 Å². The lowest BCUT2D eigenvalue weighted by atomic mass is 10.1. The van der Waals surface area contributed by atoms with Crippen LogP contribution >= 0.6 is 11.6 Å². The molecule has 0 bridgehead atoms. The summed E-state index contributed by atoms with van der Waals surface area (Å²) in [6.45, 7) is 5.90. The number of hydrogen-bond acceptors (Lipinski definition) is 6. The summed E-state index contributed by atoms with van der Waals surface area (Å²) in [7, 11) is -2.37. The Balaban J connectivity index is 1.71. The van der Waals surface area contributed by atoms with Gasteiger partial charge >= 0.3 is 0 Å². The minimum absolute atomic E-state index is 0.211. The van der Waals surface area contributed by atoms with Gasteiger partial charge in [-0.15, -0.1) is 0 Å². The molecule has 1 N–H and O–H groups in total. The number of carbonyl (C=O) groups excluding carboxylic acids is 1.